The summed E-state index contributed by atoms with van der Waals surface area (Å²) in [6.45, 7) is 10.2. The van der Waals surface area contributed by atoms with Crippen LogP contribution in [0.15, 0.2) is 18.2 Å². The molecular weight excluding hydrogens is 212 g/mol. The van der Waals surface area contributed by atoms with Crippen LogP contribution in [0.4, 0.5) is 10.5 Å². The molecule has 0 fully saturated rings. The molecule has 1 atom stereocenters. The molecule has 3 nitrogen and oxygen atoms in total. The first-order valence-electron chi connectivity index (χ1n) is 6.05. The van der Waals surface area contributed by atoms with Gasteiger partial charge in [0.05, 0.1) is 0 Å². The minimum absolute atomic E-state index is 0.139. The summed E-state index contributed by atoms with van der Waals surface area (Å²) in [5.41, 5.74) is 3.16. The molecule has 0 bridgehead atoms. The van der Waals surface area contributed by atoms with Crippen LogP contribution in [0.2, 0.25) is 0 Å². The molecule has 1 aromatic carbocycles. The average molecular weight is 234 g/mol. The highest BCUT2D eigenvalue weighted by atomic mass is 16.2. The molecule has 1 rings (SSSR count). The molecule has 0 aliphatic heterocycles. The molecule has 94 valence electrons. The van der Waals surface area contributed by atoms with Gasteiger partial charge in [0.25, 0.3) is 0 Å². The first-order valence-corrected chi connectivity index (χ1v) is 6.05. The Bertz CT molecular complexity index is 399. The van der Waals surface area contributed by atoms with Crippen molar-refractivity contribution in [2.75, 3.05) is 5.32 Å². The molecule has 1 aromatic rings. The average Bonchev–Trinajstić information content (AvgIpc) is 2.24. The topological polar surface area (TPSA) is 41.1 Å². The maximum Gasteiger partial charge on any atom is 0.319 e. The molecule has 1 unspecified atom stereocenters. The van der Waals surface area contributed by atoms with Crippen molar-refractivity contribution >= 4 is 11.7 Å². The van der Waals surface area contributed by atoms with Crippen LogP contribution in [-0.2, 0) is 0 Å². The highest BCUT2D eigenvalue weighted by molar-refractivity contribution is 5.90. The van der Waals surface area contributed by atoms with E-state index in [0.29, 0.717) is 5.92 Å². The summed E-state index contributed by atoms with van der Waals surface area (Å²) < 4.78 is 0. The SMILES string of the molecule is Cc1cccc(NC(=O)NC(C)C(C)C)c1C. The molecule has 0 spiro atoms. The standard InChI is InChI=1S/C14H22N2O/c1-9(2)12(5)15-14(17)16-13-8-6-7-10(3)11(13)4/h6-9,12H,1-5H3,(H2,15,16,17). The molecule has 2 N–H and O–H groups in total. The Morgan fingerprint density at radius 1 is 1.18 bits per heavy atom. The molecule has 0 aliphatic carbocycles. The molecule has 3 heteroatoms. The molecule has 0 heterocycles. The van der Waals surface area contributed by atoms with Crippen LogP contribution >= 0.6 is 0 Å². The lowest BCUT2D eigenvalue weighted by molar-refractivity contribution is 0.246. The Morgan fingerprint density at radius 2 is 1.82 bits per heavy atom. The van der Waals surface area contributed by atoms with Crippen LogP contribution in [0.1, 0.15) is 31.9 Å². The second-order valence-electron chi connectivity index (χ2n) is 4.88. The first-order chi connectivity index (χ1) is 7.91. The van der Waals surface area contributed by atoms with E-state index in [1.54, 1.807) is 0 Å². The zero-order chi connectivity index (χ0) is 13.0. The van der Waals surface area contributed by atoms with Gasteiger partial charge in [-0.15, -0.1) is 0 Å². The number of benzene rings is 1. The molecule has 0 aliphatic rings. The first kappa shape index (κ1) is 13.6. The lowest BCUT2D eigenvalue weighted by atomic mass is 10.1. The van der Waals surface area contributed by atoms with Gasteiger partial charge < -0.3 is 10.6 Å². The maximum atomic E-state index is 11.8. The molecular formula is C14H22N2O. The second kappa shape index (κ2) is 5.71. The van der Waals surface area contributed by atoms with Crippen molar-refractivity contribution in [2.45, 2.75) is 40.7 Å². The maximum absolute atomic E-state index is 11.8. The molecule has 0 aromatic heterocycles. The van der Waals surface area contributed by atoms with Gasteiger partial charge in [-0.05, 0) is 43.9 Å². The Balaban J connectivity index is 2.66. The van der Waals surface area contributed by atoms with Crippen molar-refractivity contribution in [1.29, 1.82) is 0 Å². The predicted molar refractivity (Wildman–Crippen MR) is 72.4 cm³/mol. The number of rotatable bonds is 3. The minimum atomic E-state index is -0.139. The largest absolute Gasteiger partial charge is 0.335 e. The zero-order valence-corrected chi connectivity index (χ0v) is 11.3. The Kier molecular flexibility index (Phi) is 4.55. The van der Waals surface area contributed by atoms with E-state index in [0.717, 1.165) is 11.3 Å². The van der Waals surface area contributed by atoms with Crippen molar-refractivity contribution in [3.8, 4) is 0 Å². The molecule has 0 saturated heterocycles. The minimum Gasteiger partial charge on any atom is -0.335 e. The Hall–Kier alpha value is -1.51. The van der Waals surface area contributed by atoms with Gasteiger partial charge in [0.1, 0.15) is 0 Å². The van der Waals surface area contributed by atoms with Crippen molar-refractivity contribution in [3.05, 3.63) is 29.3 Å². The van der Waals surface area contributed by atoms with Crippen LogP contribution < -0.4 is 10.6 Å². The third-order valence-corrected chi connectivity index (χ3v) is 3.21. The van der Waals surface area contributed by atoms with Gasteiger partial charge in [0.15, 0.2) is 0 Å². The summed E-state index contributed by atoms with van der Waals surface area (Å²) in [6, 6.07) is 5.93. The lowest BCUT2D eigenvalue weighted by Crippen LogP contribution is -2.39. The third kappa shape index (κ3) is 3.77. The second-order valence-corrected chi connectivity index (χ2v) is 4.88. The number of anilines is 1. The van der Waals surface area contributed by atoms with Crippen molar-refractivity contribution < 1.29 is 4.79 Å². The fourth-order valence-electron chi connectivity index (χ4n) is 1.42. The summed E-state index contributed by atoms with van der Waals surface area (Å²) in [5.74, 6) is 0.430. The van der Waals surface area contributed by atoms with E-state index < -0.39 is 0 Å². The number of hydrogen-bond donors (Lipinski definition) is 2. The monoisotopic (exact) mass is 234 g/mol. The van der Waals surface area contributed by atoms with Crippen molar-refractivity contribution in [3.63, 3.8) is 0 Å². The lowest BCUT2D eigenvalue weighted by Gasteiger charge is -2.18. The van der Waals surface area contributed by atoms with Crippen LogP contribution in [-0.4, -0.2) is 12.1 Å². The number of hydrogen-bond acceptors (Lipinski definition) is 1. The molecule has 0 radical (unpaired) electrons. The highest BCUT2D eigenvalue weighted by Crippen LogP contribution is 2.17. The number of carbonyl (C=O) groups is 1. The quantitative estimate of drug-likeness (QED) is 0.826. The van der Waals surface area contributed by atoms with E-state index in [1.165, 1.54) is 5.56 Å². The molecule has 0 saturated carbocycles. The van der Waals surface area contributed by atoms with Gasteiger partial charge in [-0.25, -0.2) is 4.79 Å². The van der Waals surface area contributed by atoms with Gasteiger partial charge >= 0.3 is 6.03 Å². The normalized spacial score (nSPS) is 12.4. The number of aryl methyl sites for hydroxylation is 1. The van der Waals surface area contributed by atoms with Crippen LogP contribution in [0, 0.1) is 19.8 Å². The van der Waals surface area contributed by atoms with Gasteiger partial charge in [0, 0.05) is 11.7 Å². The fourth-order valence-corrected chi connectivity index (χ4v) is 1.42. The number of urea groups is 1. The van der Waals surface area contributed by atoms with E-state index in [1.807, 2.05) is 39.0 Å². The Labute approximate surface area is 104 Å². The van der Waals surface area contributed by atoms with E-state index in [2.05, 4.69) is 24.5 Å². The van der Waals surface area contributed by atoms with E-state index in [4.69, 9.17) is 0 Å². The number of nitrogens with one attached hydrogen (secondary N) is 2. The van der Waals surface area contributed by atoms with Gasteiger partial charge in [0.2, 0.25) is 0 Å². The summed E-state index contributed by atoms with van der Waals surface area (Å²) in [4.78, 5) is 11.8. The van der Waals surface area contributed by atoms with Crippen molar-refractivity contribution in [2.24, 2.45) is 5.92 Å². The molecule has 17 heavy (non-hydrogen) atoms. The Morgan fingerprint density at radius 3 is 2.41 bits per heavy atom. The summed E-state index contributed by atoms with van der Waals surface area (Å²) in [7, 11) is 0. The highest BCUT2D eigenvalue weighted by Gasteiger charge is 2.11. The summed E-state index contributed by atoms with van der Waals surface area (Å²) in [5, 5.41) is 5.81. The summed E-state index contributed by atoms with van der Waals surface area (Å²) >= 11 is 0. The third-order valence-electron chi connectivity index (χ3n) is 3.21. The summed E-state index contributed by atoms with van der Waals surface area (Å²) in [6.07, 6.45) is 0. The predicted octanol–water partition coefficient (Wildman–Crippen LogP) is 3.47. The van der Waals surface area contributed by atoms with E-state index in [9.17, 15) is 4.79 Å². The van der Waals surface area contributed by atoms with E-state index >= 15 is 0 Å². The van der Waals surface area contributed by atoms with Gasteiger partial charge in [-0.3, -0.25) is 0 Å². The number of carbonyl (C=O) groups excluding carboxylic acids is 1. The van der Waals surface area contributed by atoms with E-state index in [-0.39, 0.29) is 12.1 Å². The van der Waals surface area contributed by atoms with Crippen LogP contribution in [0.25, 0.3) is 0 Å². The van der Waals surface area contributed by atoms with Crippen molar-refractivity contribution in [1.82, 2.24) is 5.32 Å². The fraction of sp³-hybridized carbons (Fsp3) is 0.500. The molecule has 2 amide bonds. The number of amides is 2. The van der Waals surface area contributed by atoms with Gasteiger partial charge in [-0.2, -0.15) is 0 Å². The van der Waals surface area contributed by atoms with Gasteiger partial charge in [-0.1, -0.05) is 26.0 Å². The van der Waals surface area contributed by atoms with Crippen LogP contribution in [0.3, 0.4) is 0 Å². The van der Waals surface area contributed by atoms with Crippen LogP contribution in [0.5, 0.6) is 0 Å². The smallest absolute Gasteiger partial charge is 0.319 e. The zero-order valence-electron chi connectivity index (χ0n) is 11.3.